The number of thioether (sulfide) groups is 2. The van der Waals surface area contributed by atoms with Gasteiger partial charge in [-0.2, -0.15) is 13.2 Å². The fourth-order valence-electron chi connectivity index (χ4n) is 1.75. The zero-order valence-electron chi connectivity index (χ0n) is 11.6. The first-order chi connectivity index (χ1) is 10.7. The van der Waals surface area contributed by atoms with Gasteiger partial charge in [0.25, 0.3) is 5.24 Å². The summed E-state index contributed by atoms with van der Waals surface area (Å²) >= 11 is 0.528. The highest BCUT2D eigenvalue weighted by Crippen LogP contribution is 2.30. The van der Waals surface area contributed by atoms with Gasteiger partial charge in [-0.05, 0) is 29.5 Å². The number of halogens is 3. The molecule has 1 fully saturated rings. The monoisotopic (exact) mass is 364 g/mol. The molecule has 1 aromatic carbocycles. The molecular weight excluding hydrogens is 353 g/mol. The lowest BCUT2D eigenvalue weighted by Gasteiger charge is -2.13. The molecule has 1 aliphatic rings. The van der Waals surface area contributed by atoms with Crippen molar-refractivity contribution in [3.05, 3.63) is 29.8 Å². The second-order valence-electron chi connectivity index (χ2n) is 4.51. The summed E-state index contributed by atoms with van der Waals surface area (Å²) in [6.45, 7) is 0.128. The van der Waals surface area contributed by atoms with Crippen LogP contribution < -0.4 is 5.32 Å². The van der Waals surface area contributed by atoms with Gasteiger partial charge in [-0.15, -0.1) is 0 Å². The lowest BCUT2D eigenvalue weighted by atomic mass is 10.2. The normalized spacial score (nSPS) is 15.2. The van der Waals surface area contributed by atoms with E-state index in [9.17, 15) is 27.6 Å². The van der Waals surface area contributed by atoms with Gasteiger partial charge in [-0.1, -0.05) is 23.9 Å². The number of nitrogens with one attached hydrogen (secondary N) is 1. The smallest absolute Gasteiger partial charge is 0.325 e. The maximum absolute atomic E-state index is 12.0. The molecule has 1 aromatic rings. The van der Waals surface area contributed by atoms with Crippen LogP contribution in [0.1, 0.15) is 5.56 Å². The van der Waals surface area contributed by atoms with Gasteiger partial charge in [0.2, 0.25) is 11.8 Å². The average molecular weight is 364 g/mol. The van der Waals surface area contributed by atoms with Gasteiger partial charge in [0.05, 0.1) is 18.1 Å². The van der Waals surface area contributed by atoms with Crippen molar-refractivity contribution in [2.24, 2.45) is 0 Å². The largest absolute Gasteiger partial charge is 0.442 e. The molecule has 0 aromatic heterocycles. The van der Waals surface area contributed by atoms with Gasteiger partial charge in [0.15, 0.2) is 0 Å². The number of carbonyl (C=O) groups excluding carboxylic acids is 3. The minimum atomic E-state index is -4.45. The molecule has 3 amide bonds. The van der Waals surface area contributed by atoms with Gasteiger partial charge in [-0.25, -0.2) is 0 Å². The molecule has 10 heteroatoms. The molecule has 0 atom stereocenters. The van der Waals surface area contributed by atoms with E-state index in [0.29, 0.717) is 11.3 Å². The van der Waals surface area contributed by atoms with E-state index in [4.69, 9.17) is 0 Å². The fraction of sp³-hybridized carbons (Fsp3) is 0.308. The molecule has 0 radical (unpaired) electrons. The van der Waals surface area contributed by atoms with E-state index in [0.717, 1.165) is 16.7 Å². The third-order valence-electron chi connectivity index (χ3n) is 2.79. The first-order valence-corrected chi connectivity index (χ1v) is 8.28. The summed E-state index contributed by atoms with van der Waals surface area (Å²) in [4.78, 5) is 35.5. The van der Waals surface area contributed by atoms with Gasteiger partial charge < -0.3 is 5.32 Å². The number of hydrogen-bond acceptors (Lipinski definition) is 5. The summed E-state index contributed by atoms with van der Waals surface area (Å²) in [5.74, 6) is -1.62. The number of imide groups is 1. The summed E-state index contributed by atoms with van der Waals surface area (Å²) in [5.41, 5.74) is -3.43. The topological polar surface area (TPSA) is 66.5 Å². The lowest BCUT2D eigenvalue weighted by molar-refractivity contribution is -0.125. The van der Waals surface area contributed by atoms with Crippen LogP contribution in [0.3, 0.4) is 0 Å². The first-order valence-electron chi connectivity index (χ1n) is 6.31. The second-order valence-corrected chi connectivity index (χ2v) is 6.48. The second kappa shape index (κ2) is 7.26. The Hall–Kier alpha value is -1.68. The molecule has 0 saturated carbocycles. The Morgan fingerprint density at radius 3 is 2.43 bits per heavy atom. The third kappa shape index (κ3) is 5.47. The van der Waals surface area contributed by atoms with Crippen molar-refractivity contribution in [2.75, 3.05) is 16.8 Å². The Balaban J connectivity index is 1.88. The predicted octanol–water partition coefficient (Wildman–Crippen LogP) is 3.07. The number of benzene rings is 1. The van der Waals surface area contributed by atoms with Gasteiger partial charge in [0.1, 0.15) is 0 Å². The molecule has 1 saturated heterocycles. The highest BCUT2D eigenvalue weighted by Gasteiger charge is 2.30. The first kappa shape index (κ1) is 17.7. The molecule has 0 unspecified atom stereocenters. The Bertz CT molecular complexity index is 604. The van der Waals surface area contributed by atoms with Crippen LogP contribution >= 0.6 is 23.5 Å². The molecule has 0 spiro atoms. The molecule has 124 valence electrons. The Morgan fingerprint density at radius 1 is 1.26 bits per heavy atom. The van der Waals surface area contributed by atoms with Crippen molar-refractivity contribution in [2.45, 2.75) is 12.1 Å². The third-order valence-corrected chi connectivity index (χ3v) is 4.38. The SMILES string of the molecule is O=C(CSC(F)(F)F)Nc1ccc(CN2C(=O)CSC2=O)cc1. The number of alkyl halides is 3. The summed E-state index contributed by atoms with van der Waals surface area (Å²) in [6, 6.07) is 6.19. The number of nitrogens with zero attached hydrogens (tertiary/aromatic N) is 1. The molecule has 2 rings (SSSR count). The van der Waals surface area contributed by atoms with Crippen LogP contribution in [0.2, 0.25) is 0 Å². The van der Waals surface area contributed by atoms with Crippen LogP contribution in [-0.4, -0.2) is 39.0 Å². The van der Waals surface area contributed by atoms with E-state index in [1.165, 1.54) is 12.1 Å². The summed E-state index contributed by atoms with van der Waals surface area (Å²) in [6.07, 6.45) is 0. The highest BCUT2D eigenvalue weighted by atomic mass is 32.2. The molecule has 5 nitrogen and oxygen atoms in total. The van der Waals surface area contributed by atoms with E-state index in [2.05, 4.69) is 5.32 Å². The minimum absolute atomic E-state index is 0.128. The van der Waals surface area contributed by atoms with Crippen LogP contribution in [0.4, 0.5) is 23.7 Å². The molecular formula is C13H11F3N2O3S2. The van der Waals surface area contributed by atoms with Gasteiger partial charge >= 0.3 is 5.51 Å². The molecule has 23 heavy (non-hydrogen) atoms. The molecule has 0 aliphatic carbocycles. The fourth-order valence-corrected chi connectivity index (χ4v) is 2.85. The number of anilines is 1. The Kier molecular flexibility index (Phi) is 5.58. The molecule has 1 N–H and O–H groups in total. The van der Waals surface area contributed by atoms with E-state index >= 15 is 0 Å². The van der Waals surface area contributed by atoms with Crippen LogP contribution in [0.15, 0.2) is 24.3 Å². The van der Waals surface area contributed by atoms with Crippen molar-refractivity contribution < 1.29 is 27.6 Å². The van der Waals surface area contributed by atoms with Crippen molar-refractivity contribution in [1.29, 1.82) is 0 Å². The quantitative estimate of drug-likeness (QED) is 0.870. The highest BCUT2D eigenvalue weighted by molar-refractivity contribution is 8.14. The number of amides is 3. The Labute approximate surface area is 138 Å². The standard InChI is InChI=1S/C13H11F3N2O3S2/c14-13(15,16)23-6-10(19)17-9-3-1-8(2-4-9)5-18-11(20)7-22-12(18)21/h1-4H,5-7H2,(H,17,19). The van der Waals surface area contributed by atoms with E-state index in [1.54, 1.807) is 12.1 Å². The number of hydrogen-bond donors (Lipinski definition) is 1. The van der Waals surface area contributed by atoms with Crippen molar-refractivity contribution in [3.8, 4) is 0 Å². The van der Waals surface area contributed by atoms with E-state index in [-0.39, 0.29) is 23.4 Å². The maximum Gasteiger partial charge on any atom is 0.442 e. The predicted molar refractivity (Wildman–Crippen MR) is 82.0 cm³/mol. The van der Waals surface area contributed by atoms with Crippen molar-refractivity contribution in [1.82, 2.24) is 4.90 Å². The van der Waals surface area contributed by atoms with Crippen molar-refractivity contribution >= 4 is 46.3 Å². The van der Waals surface area contributed by atoms with Crippen LogP contribution in [0.5, 0.6) is 0 Å². The average Bonchev–Trinajstić information content (AvgIpc) is 2.78. The maximum atomic E-state index is 12.0. The van der Waals surface area contributed by atoms with Crippen LogP contribution in [-0.2, 0) is 16.1 Å². The zero-order valence-corrected chi connectivity index (χ0v) is 13.2. The number of carbonyl (C=O) groups is 3. The molecule has 0 bridgehead atoms. The van der Waals surface area contributed by atoms with Crippen LogP contribution in [0, 0.1) is 0 Å². The minimum Gasteiger partial charge on any atom is -0.325 e. The Morgan fingerprint density at radius 2 is 1.91 bits per heavy atom. The number of rotatable bonds is 5. The summed E-state index contributed by atoms with van der Waals surface area (Å²) < 4.78 is 36.0. The van der Waals surface area contributed by atoms with E-state index in [1.807, 2.05) is 0 Å². The zero-order chi connectivity index (χ0) is 17.0. The summed E-state index contributed by atoms with van der Waals surface area (Å²) in [7, 11) is 0. The lowest BCUT2D eigenvalue weighted by Crippen LogP contribution is -2.27. The van der Waals surface area contributed by atoms with E-state index < -0.39 is 28.9 Å². The van der Waals surface area contributed by atoms with Crippen LogP contribution in [0.25, 0.3) is 0 Å². The molecule has 1 heterocycles. The van der Waals surface area contributed by atoms with Gasteiger partial charge in [0, 0.05) is 5.69 Å². The molecule has 1 aliphatic heterocycles. The van der Waals surface area contributed by atoms with Gasteiger partial charge in [-0.3, -0.25) is 19.3 Å². The van der Waals surface area contributed by atoms with Crippen molar-refractivity contribution in [3.63, 3.8) is 0 Å². The summed E-state index contributed by atoms with van der Waals surface area (Å²) in [5, 5.41) is 2.03.